The summed E-state index contributed by atoms with van der Waals surface area (Å²) in [6, 6.07) is 13.0. The van der Waals surface area contributed by atoms with Gasteiger partial charge in [0, 0.05) is 24.3 Å². The molecule has 0 saturated carbocycles. The number of benzene rings is 2. The van der Waals surface area contributed by atoms with Crippen LogP contribution < -0.4 is 0 Å². The number of phenols is 2. The van der Waals surface area contributed by atoms with Crippen molar-refractivity contribution in [2.45, 2.75) is 69.2 Å². The Balaban J connectivity index is 1.79. The molecule has 14 nitrogen and oxygen atoms in total. The molecular formula is C28H36N2O12. The number of aromatic hydroxyl groups is 2. The van der Waals surface area contributed by atoms with Crippen molar-refractivity contribution < 1.29 is 59.5 Å². The molecule has 1 fully saturated rings. The molecule has 1 heterocycles. The smallest absolute Gasteiger partial charge is 0.303 e. The summed E-state index contributed by atoms with van der Waals surface area (Å²) >= 11 is 0. The number of nitrogens with zero attached hydrogens (tertiary/aromatic N) is 2. The number of aliphatic hydroxyl groups excluding tert-OH is 5. The molecule has 2 aromatic carbocycles. The molecule has 0 spiro atoms. The van der Waals surface area contributed by atoms with Crippen LogP contribution in [0.5, 0.6) is 11.5 Å². The van der Waals surface area contributed by atoms with E-state index in [4.69, 9.17) is 18.9 Å². The maximum atomic E-state index is 11.6. The molecular weight excluding hydrogens is 556 g/mol. The molecule has 0 radical (unpaired) electrons. The number of hydrogen-bond acceptors (Lipinski definition) is 14. The van der Waals surface area contributed by atoms with Gasteiger partial charge in [0.2, 0.25) is 0 Å². The van der Waals surface area contributed by atoms with Crippen LogP contribution in [0.15, 0.2) is 58.5 Å². The topological polar surface area (TPSA) is 220 Å². The lowest BCUT2D eigenvalue weighted by atomic mass is 9.99. The number of aliphatic hydroxyl groups is 5. The first kappa shape index (κ1) is 33.0. The van der Waals surface area contributed by atoms with Gasteiger partial charge in [-0.25, -0.2) is 0 Å². The molecule has 42 heavy (non-hydrogen) atoms. The highest BCUT2D eigenvalue weighted by Crippen LogP contribution is 2.26. The van der Waals surface area contributed by atoms with Crippen molar-refractivity contribution in [2.24, 2.45) is 9.98 Å². The van der Waals surface area contributed by atoms with E-state index in [0.717, 1.165) is 13.1 Å². The lowest BCUT2D eigenvalue weighted by molar-refractivity contribution is -0.315. The minimum atomic E-state index is -1.73. The summed E-state index contributed by atoms with van der Waals surface area (Å²) in [5.41, 5.74) is 0.973. The van der Waals surface area contributed by atoms with Crippen LogP contribution in [0.2, 0.25) is 0 Å². The third-order valence-electron chi connectivity index (χ3n) is 6.27. The SMILES string of the molecule is CC(=O)O[C@@H]1[C@@H](O)[C@H](CO)O[C@H](O[C@@H](C=NCc2ccccc2O)[C@@H](CO)O[C@H](O)C=NCc2ccccc2O)[C@@H]1O. The minimum Gasteiger partial charge on any atom is -0.508 e. The van der Waals surface area contributed by atoms with Crippen molar-refractivity contribution in [3.05, 3.63) is 59.7 Å². The van der Waals surface area contributed by atoms with Crippen LogP contribution in [-0.2, 0) is 36.8 Å². The van der Waals surface area contributed by atoms with Gasteiger partial charge in [0.05, 0.1) is 32.5 Å². The summed E-state index contributed by atoms with van der Waals surface area (Å²) in [5.74, 6) is -0.788. The van der Waals surface area contributed by atoms with Gasteiger partial charge in [-0.3, -0.25) is 14.8 Å². The average molecular weight is 593 g/mol. The maximum Gasteiger partial charge on any atom is 0.303 e. The van der Waals surface area contributed by atoms with E-state index in [0.29, 0.717) is 11.1 Å². The molecule has 1 saturated heterocycles. The molecule has 0 bridgehead atoms. The van der Waals surface area contributed by atoms with Crippen LogP contribution >= 0.6 is 0 Å². The lowest BCUT2D eigenvalue weighted by Gasteiger charge is -2.42. The van der Waals surface area contributed by atoms with Gasteiger partial charge in [-0.1, -0.05) is 36.4 Å². The molecule has 230 valence electrons. The summed E-state index contributed by atoms with van der Waals surface area (Å²) in [4.78, 5) is 19.8. The lowest BCUT2D eigenvalue weighted by Crippen LogP contribution is -2.61. The van der Waals surface area contributed by atoms with Crippen molar-refractivity contribution in [3.8, 4) is 11.5 Å². The zero-order chi connectivity index (χ0) is 30.6. The van der Waals surface area contributed by atoms with E-state index in [9.17, 15) is 40.5 Å². The third kappa shape index (κ3) is 9.27. The van der Waals surface area contributed by atoms with Crippen LogP contribution in [0.4, 0.5) is 0 Å². The maximum absolute atomic E-state index is 11.6. The average Bonchev–Trinajstić information content (AvgIpc) is 2.96. The molecule has 1 aliphatic rings. The fourth-order valence-corrected chi connectivity index (χ4v) is 4.09. The van der Waals surface area contributed by atoms with Gasteiger partial charge in [0.15, 0.2) is 18.7 Å². The van der Waals surface area contributed by atoms with Crippen LogP contribution in [0.25, 0.3) is 0 Å². The second kappa shape index (κ2) is 16.2. The van der Waals surface area contributed by atoms with Gasteiger partial charge in [-0.05, 0) is 12.1 Å². The van der Waals surface area contributed by atoms with Gasteiger partial charge in [-0.15, -0.1) is 0 Å². The summed E-state index contributed by atoms with van der Waals surface area (Å²) in [6.07, 6.45) is -9.79. The van der Waals surface area contributed by atoms with Crippen LogP contribution in [0, 0.1) is 0 Å². The fraction of sp³-hybridized carbons (Fsp3) is 0.464. The highest BCUT2D eigenvalue weighted by Gasteiger charge is 2.48. The Hall–Kier alpha value is -3.47. The summed E-state index contributed by atoms with van der Waals surface area (Å²) < 4.78 is 21.9. The number of carbonyl (C=O) groups is 1. The minimum absolute atomic E-state index is 0.00630. The Labute approximate surface area is 241 Å². The van der Waals surface area contributed by atoms with Crippen molar-refractivity contribution in [2.75, 3.05) is 13.2 Å². The van der Waals surface area contributed by atoms with Gasteiger partial charge in [-0.2, -0.15) is 0 Å². The molecule has 0 amide bonds. The Kier molecular flexibility index (Phi) is 12.8. The van der Waals surface area contributed by atoms with E-state index < -0.39 is 68.4 Å². The van der Waals surface area contributed by atoms with Gasteiger partial charge in [0.25, 0.3) is 0 Å². The number of phenolic OH excluding ortho intramolecular Hbond substituents is 2. The quantitative estimate of drug-likeness (QED) is 0.0830. The summed E-state index contributed by atoms with van der Waals surface area (Å²) in [5, 5.41) is 71.3. The molecule has 7 N–H and O–H groups in total. The van der Waals surface area contributed by atoms with Crippen molar-refractivity contribution in [1.82, 2.24) is 0 Å². The molecule has 0 unspecified atom stereocenters. The molecule has 3 rings (SSSR count). The Bertz CT molecular complexity index is 1190. The van der Waals surface area contributed by atoms with Crippen LogP contribution in [0.1, 0.15) is 18.1 Å². The third-order valence-corrected chi connectivity index (χ3v) is 6.27. The number of rotatable bonds is 14. The molecule has 8 atom stereocenters. The number of hydrogen-bond donors (Lipinski definition) is 7. The Morgan fingerprint density at radius 2 is 1.52 bits per heavy atom. The largest absolute Gasteiger partial charge is 0.508 e. The molecule has 0 aliphatic carbocycles. The van der Waals surface area contributed by atoms with E-state index in [-0.39, 0.29) is 24.6 Å². The summed E-state index contributed by atoms with van der Waals surface area (Å²) in [6.45, 7) is -0.338. The van der Waals surface area contributed by atoms with Gasteiger partial charge >= 0.3 is 5.97 Å². The van der Waals surface area contributed by atoms with Crippen molar-refractivity contribution in [1.29, 1.82) is 0 Å². The van der Waals surface area contributed by atoms with E-state index in [1.54, 1.807) is 36.4 Å². The first-order valence-electron chi connectivity index (χ1n) is 13.1. The van der Waals surface area contributed by atoms with Crippen molar-refractivity contribution >= 4 is 18.4 Å². The van der Waals surface area contributed by atoms with Gasteiger partial charge < -0.3 is 54.7 Å². The molecule has 14 heteroatoms. The second-order valence-corrected chi connectivity index (χ2v) is 9.37. The number of aliphatic imine (C=N–C) groups is 2. The zero-order valence-electron chi connectivity index (χ0n) is 22.8. The number of para-hydroxylation sites is 2. The monoisotopic (exact) mass is 592 g/mol. The highest BCUT2D eigenvalue weighted by molar-refractivity contribution is 5.66. The summed E-state index contributed by atoms with van der Waals surface area (Å²) in [7, 11) is 0. The Morgan fingerprint density at radius 1 is 0.952 bits per heavy atom. The number of esters is 1. The number of carbonyl (C=O) groups excluding carboxylic acids is 1. The fourth-order valence-electron chi connectivity index (χ4n) is 4.09. The van der Waals surface area contributed by atoms with Crippen LogP contribution in [0.3, 0.4) is 0 Å². The van der Waals surface area contributed by atoms with Crippen molar-refractivity contribution in [3.63, 3.8) is 0 Å². The van der Waals surface area contributed by atoms with E-state index in [2.05, 4.69) is 9.98 Å². The second-order valence-electron chi connectivity index (χ2n) is 9.37. The zero-order valence-corrected chi connectivity index (χ0v) is 22.8. The van der Waals surface area contributed by atoms with E-state index in [1.165, 1.54) is 18.3 Å². The Morgan fingerprint density at radius 3 is 2.05 bits per heavy atom. The predicted octanol–water partition coefficient (Wildman–Crippen LogP) is -0.609. The first-order valence-corrected chi connectivity index (χ1v) is 13.1. The number of ether oxygens (including phenoxy) is 4. The first-order chi connectivity index (χ1) is 20.1. The van der Waals surface area contributed by atoms with Gasteiger partial charge in [0.1, 0.15) is 42.0 Å². The predicted molar refractivity (Wildman–Crippen MR) is 147 cm³/mol. The molecule has 0 aromatic heterocycles. The normalized spacial score (nSPS) is 25.0. The highest BCUT2D eigenvalue weighted by atomic mass is 16.7. The molecule has 2 aromatic rings. The van der Waals surface area contributed by atoms with E-state index in [1.807, 2.05) is 0 Å². The molecule has 1 aliphatic heterocycles. The van der Waals surface area contributed by atoms with E-state index >= 15 is 0 Å². The standard InChI is InChI=1S/C28H36N2O12/c1-16(33)39-27-25(37)23(15-32)42-28(26(27)38)41-21(12-29-10-17-6-2-4-8-19(17)34)22(14-31)40-24(36)13-30-11-18-7-3-5-9-20(18)35/h2-9,12-13,21-28,31-32,34-38H,10-11,14-15H2,1H3/t21-,22+,23-,24-,25-,26+,27+,28-/m0/s1. The van der Waals surface area contributed by atoms with Crippen LogP contribution in [-0.4, -0.2) is 117 Å².